The van der Waals surface area contributed by atoms with Crippen molar-refractivity contribution >= 4 is 15.6 Å². The number of hydrogen-bond donors (Lipinski definition) is 0. The molecule has 0 spiro atoms. The highest BCUT2D eigenvalue weighted by Crippen LogP contribution is 2.19. The normalized spacial score (nSPS) is 12.3. The molecule has 0 fully saturated rings. The molecule has 92 valence electrons. The average molecular weight is 253 g/mol. The minimum absolute atomic E-state index is 0.128. The summed E-state index contributed by atoms with van der Waals surface area (Å²) in [6.45, 7) is 1.25. The van der Waals surface area contributed by atoms with Crippen LogP contribution in [0.15, 0.2) is 46.3 Å². The van der Waals surface area contributed by atoms with Crippen LogP contribution in [-0.2, 0) is 14.6 Å². The third-order valence-corrected chi connectivity index (χ3v) is 3.93. The number of allylic oxidation sites excluding steroid dienone is 1. The lowest BCUT2D eigenvalue weighted by Gasteiger charge is -2.10. The summed E-state index contributed by atoms with van der Waals surface area (Å²) in [6, 6.07) is 7.92. The summed E-state index contributed by atoms with van der Waals surface area (Å²) in [5, 5.41) is 0. The number of ketones is 1. The fourth-order valence-electron chi connectivity index (χ4n) is 1.31. The molecule has 17 heavy (non-hydrogen) atoms. The van der Waals surface area contributed by atoms with Crippen LogP contribution in [0, 0.1) is 0 Å². The molecule has 1 aromatic carbocycles. The molecule has 1 rings (SSSR count). The Bertz CT molecular complexity index is 530. The summed E-state index contributed by atoms with van der Waals surface area (Å²) in [5.74, 6) is -0.470. The third kappa shape index (κ3) is 3.17. The highest BCUT2D eigenvalue weighted by Gasteiger charge is 2.24. The first-order valence-electron chi connectivity index (χ1n) is 5.05. The molecule has 0 aromatic heterocycles. The molecule has 0 bridgehead atoms. The largest absolute Gasteiger partial charge is 0.382 e. The molecule has 0 saturated carbocycles. The van der Waals surface area contributed by atoms with Gasteiger partial charge in [-0.2, -0.15) is 0 Å². The van der Waals surface area contributed by atoms with Gasteiger partial charge < -0.3 is 4.90 Å². The van der Waals surface area contributed by atoms with Crippen LogP contribution in [0.25, 0.3) is 0 Å². The minimum atomic E-state index is -3.73. The van der Waals surface area contributed by atoms with Crippen LogP contribution in [0.4, 0.5) is 0 Å². The summed E-state index contributed by atoms with van der Waals surface area (Å²) in [7, 11) is -0.385. The Morgan fingerprint density at radius 1 is 1.18 bits per heavy atom. The van der Waals surface area contributed by atoms with E-state index in [2.05, 4.69) is 0 Å². The predicted molar refractivity (Wildman–Crippen MR) is 66.1 cm³/mol. The van der Waals surface area contributed by atoms with Gasteiger partial charge in [0.25, 0.3) is 0 Å². The molecule has 0 heterocycles. The number of rotatable bonds is 4. The monoisotopic (exact) mass is 253 g/mol. The molecule has 0 aliphatic rings. The average Bonchev–Trinajstić information content (AvgIpc) is 2.26. The second-order valence-electron chi connectivity index (χ2n) is 3.83. The maximum Gasteiger partial charge on any atom is 0.211 e. The first kappa shape index (κ1) is 13.4. The van der Waals surface area contributed by atoms with Crippen LogP contribution in [0.3, 0.4) is 0 Å². The lowest BCUT2D eigenvalue weighted by molar-refractivity contribution is -0.113. The lowest BCUT2D eigenvalue weighted by atomic mass is 10.4. The van der Waals surface area contributed by atoms with E-state index >= 15 is 0 Å². The van der Waals surface area contributed by atoms with E-state index in [4.69, 9.17) is 0 Å². The van der Waals surface area contributed by atoms with Crippen LogP contribution >= 0.6 is 0 Å². The Hall–Kier alpha value is -1.62. The number of carbonyl (C=O) groups excluding carboxylic acids is 1. The molecule has 0 atom stereocenters. The number of benzene rings is 1. The van der Waals surface area contributed by atoms with Gasteiger partial charge in [0.05, 0.1) is 4.90 Å². The van der Waals surface area contributed by atoms with Crippen LogP contribution in [0.1, 0.15) is 6.92 Å². The van der Waals surface area contributed by atoms with Crippen LogP contribution < -0.4 is 0 Å². The second-order valence-corrected chi connectivity index (χ2v) is 5.75. The van der Waals surface area contributed by atoms with Crippen molar-refractivity contribution in [3.05, 3.63) is 41.4 Å². The Morgan fingerprint density at radius 3 is 2.12 bits per heavy atom. The number of Topliss-reactive ketones (excluding diaryl/α,β-unsaturated/α-hetero) is 1. The first-order valence-corrected chi connectivity index (χ1v) is 6.53. The SMILES string of the molecule is CC(=O)C(=CN(C)C)S(=O)(=O)c1ccccc1. The van der Waals surface area contributed by atoms with Gasteiger partial charge in [-0.05, 0) is 19.1 Å². The van der Waals surface area contributed by atoms with Crippen LogP contribution in [0.5, 0.6) is 0 Å². The van der Waals surface area contributed by atoms with Gasteiger partial charge in [-0.3, -0.25) is 4.79 Å². The number of nitrogens with zero attached hydrogens (tertiary/aromatic N) is 1. The van der Waals surface area contributed by atoms with Crippen molar-refractivity contribution in [2.75, 3.05) is 14.1 Å². The zero-order valence-corrected chi connectivity index (χ0v) is 10.9. The summed E-state index contributed by atoms with van der Waals surface area (Å²) in [5.41, 5.74) is 0. The van der Waals surface area contributed by atoms with E-state index in [1.165, 1.54) is 30.2 Å². The molecular formula is C12H15NO3S. The van der Waals surface area contributed by atoms with Gasteiger partial charge in [0.15, 0.2) is 5.78 Å². The van der Waals surface area contributed by atoms with Gasteiger partial charge in [-0.15, -0.1) is 0 Å². The van der Waals surface area contributed by atoms with Gasteiger partial charge in [-0.25, -0.2) is 8.42 Å². The van der Waals surface area contributed by atoms with Crippen molar-refractivity contribution in [3.8, 4) is 0 Å². The molecule has 0 N–H and O–H groups in total. The highest BCUT2D eigenvalue weighted by molar-refractivity contribution is 7.96. The van der Waals surface area contributed by atoms with E-state index in [-0.39, 0.29) is 9.80 Å². The fourth-order valence-corrected chi connectivity index (χ4v) is 2.81. The van der Waals surface area contributed by atoms with Crippen molar-refractivity contribution in [3.63, 3.8) is 0 Å². The zero-order valence-electron chi connectivity index (χ0n) is 10.0. The van der Waals surface area contributed by atoms with Crippen molar-refractivity contribution < 1.29 is 13.2 Å². The number of sulfone groups is 1. The third-order valence-electron chi connectivity index (χ3n) is 2.07. The van der Waals surface area contributed by atoms with Gasteiger partial charge in [0.1, 0.15) is 4.91 Å². The smallest absolute Gasteiger partial charge is 0.211 e. The van der Waals surface area contributed by atoms with E-state index in [1.807, 2.05) is 0 Å². The number of carbonyl (C=O) groups is 1. The fraction of sp³-hybridized carbons (Fsp3) is 0.250. The van der Waals surface area contributed by atoms with E-state index in [9.17, 15) is 13.2 Å². The van der Waals surface area contributed by atoms with E-state index in [0.717, 1.165) is 0 Å². The Balaban J connectivity index is 3.34. The van der Waals surface area contributed by atoms with Crippen LogP contribution in [0.2, 0.25) is 0 Å². The molecule has 0 amide bonds. The van der Waals surface area contributed by atoms with Gasteiger partial charge in [0.2, 0.25) is 9.84 Å². The summed E-state index contributed by atoms with van der Waals surface area (Å²) in [6.07, 6.45) is 1.32. The Morgan fingerprint density at radius 2 is 1.71 bits per heavy atom. The zero-order chi connectivity index (χ0) is 13.1. The Kier molecular flexibility index (Phi) is 4.07. The molecule has 0 saturated heterocycles. The quantitative estimate of drug-likeness (QED) is 0.762. The summed E-state index contributed by atoms with van der Waals surface area (Å²) < 4.78 is 24.4. The van der Waals surface area contributed by atoms with Crippen molar-refractivity contribution in [1.29, 1.82) is 0 Å². The molecular weight excluding hydrogens is 238 g/mol. The minimum Gasteiger partial charge on any atom is -0.382 e. The van der Waals surface area contributed by atoms with E-state index in [0.29, 0.717) is 0 Å². The predicted octanol–water partition coefficient (Wildman–Crippen LogP) is 1.45. The Labute approximate surface area is 101 Å². The van der Waals surface area contributed by atoms with E-state index in [1.54, 1.807) is 32.3 Å². The van der Waals surface area contributed by atoms with Gasteiger partial charge >= 0.3 is 0 Å². The maximum atomic E-state index is 12.2. The molecule has 0 unspecified atom stereocenters. The van der Waals surface area contributed by atoms with E-state index < -0.39 is 15.6 Å². The summed E-state index contributed by atoms with van der Waals surface area (Å²) in [4.78, 5) is 12.9. The standard InChI is InChI=1S/C12H15NO3S/c1-10(14)12(9-13(2)3)17(15,16)11-7-5-4-6-8-11/h4-9H,1-3H3. The lowest BCUT2D eigenvalue weighted by Crippen LogP contribution is -2.15. The maximum absolute atomic E-state index is 12.2. The highest BCUT2D eigenvalue weighted by atomic mass is 32.2. The van der Waals surface area contributed by atoms with Crippen molar-refractivity contribution in [2.45, 2.75) is 11.8 Å². The molecule has 0 aliphatic carbocycles. The van der Waals surface area contributed by atoms with Crippen molar-refractivity contribution in [2.24, 2.45) is 0 Å². The second kappa shape index (κ2) is 5.14. The molecule has 1 aromatic rings. The molecule has 4 nitrogen and oxygen atoms in total. The van der Waals surface area contributed by atoms with Crippen molar-refractivity contribution in [1.82, 2.24) is 4.90 Å². The van der Waals surface area contributed by atoms with Gasteiger partial charge in [-0.1, -0.05) is 18.2 Å². The topological polar surface area (TPSA) is 54.5 Å². The molecule has 0 radical (unpaired) electrons. The number of hydrogen-bond acceptors (Lipinski definition) is 4. The molecule has 0 aliphatic heterocycles. The molecule has 5 heteroatoms. The summed E-state index contributed by atoms with van der Waals surface area (Å²) >= 11 is 0. The first-order chi connectivity index (χ1) is 7.85. The van der Waals surface area contributed by atoms with Crippen LogP contribution in [-0.4, -0.2) is 33.2 Å². The van der Waals surface area contributed by atoms with Gasteiger partial charge in [0, 0.05) is 20.3 Å².